The van der Waals surface area contributed by atoms with Gasteiger partial charge in [-0.2, -0.15) is 0 Å². The third-order valence-corrected chi connectivity index (χ3v) is 5.51. The molecule has 2 aromatic carbocycles. The zero-order valence-corrected chi connectivity index (χ0v) is 18.4. The van der Waals surface area contributed by atoms with Gasteiger partial charge in [-0.15, -0.1) is 0 Å². The van der Waals surface area contributed by atoms with E-state index in [9.17, 15) is 19.5 Å². The molecule has 4 rings (SSSR count). The van der Waals surface area contributed by atoms with Crippen molar-refractivity contribution >= 4 is 29.2 Å². The van der Waals surface area contributed by atoms with Crippen molar-refractivity contribution in [3.63, 3.8) is 0 Å². The Hall–Kier alpha value is -4.24. The second-order valence-electron chi connectivity index (χ2n) is 7.72. The summed E-state index contributed by atoms with van der Waals surface area (Å²) in [4.78, 5) is 45.8. The van der Waals surface area contributed by atoms with Crippen LogP contribution in [0.25, 0.3) is 0 Å². The standard InChI is InChI=1S/C25H25N5O4/c31-23(18-9-11-19(12-10-18)29-16-14-26-15-17-29)28-22(25(33)34)30(20-6-2-1-3-7-20)24(32)21-8-4-5-13-27-21/h1-13,22,26H,14-17H2,(H,28,31)(H,33,34). The summed E-state index contributed by atoms with van der Waals surface area (Å²) in [5, 5.41) is 15.8. The Labute approximate surface area is 197 Å². The molecule has 1 unspecified atom stereocenters. The summed E-state index contributed by atoms with van der Waals surface area (Å²) < 4.78 is 0. The van der Waals surface area contributed by atoms with Crippen molar-refractivity contribution in [3.05, 3.63) is 90.3 Å². The number of hydrogen-bond donors (Lipinski definition) is 3. The number of pyridine rings is 1. The number of anilines is 2. The van der Waals surface area contributed by atoms with Crippen LogP contribution in [0.4, 0.5) is 11.4 Å². The van der Waals surface area contributed by atoms with E-state index >= 15 is 0 Å². The minimum Gasteiger partial charge on any atom is -0.478 e. The molecule has 1 aromatic heterocycles. The van der Waals surface area contributed by atoms with E-state index in [2.05, 4.69) is 20.5 Å². The highest BCUT2D eigenvalue weighted by Crippen LogP contribution is 2.20. The largest absolute Gasteiger partial charge is 0.478 e. The van der Waals surface area contributed by atoms with Crippen molar-refractivity contribution in [1.82, 2.24) is 15.6 Å². The van der Waals surface area contributed by atoms with Crippen LogP contribution in [0.15, 0.2) is 79.0 Å². The third-order valence-electron chi connectivity index (χ3n) is 5.51. The molecule has 3 aromatic rings. The lowest BCUT2D eigenvalue weighted by Crippen LogP contribution is -2.55. The van der Waals surface area contributed by atoms with Crippen LogP contribution in [0.2, 0.25) is 0 Å². The van der Waals surface area contributed by atoms with Gasteiger partial charge in [-0.1, -0.05) is 24.3 Å². The van der Waals surface area contributed by atoms with E-state index in [-0.39, 0.29) is 5.69 Å². The number of nitrogens with zero attached hydrogens (tertiary/aromatic N) is 3. The highest BCUT2D eigenvalue weighted by Gasteiger charge is 2.34. The number of rotatable bonds is 7. The number of piperazine rings is 1. The minimum atomic E-state index is -1.64. The molecule has 9 nitrogen and oxygen atoms in total. The van der Waals surface area contributed by atoms with Gasteiger partial charge in [0.05, 0.1) is 0 Å². The number of carboxylic acids is 1. The average molecular weight is 460 g/mol. The summed E-state index contributed by atoms with van der Waals surface area (Å²) in [7, 11) is 0. The molecular formula is C25H25N5O4. The lowest BCUT2D eigenvalue weighted by atomic mass is 10.1. The lowest BCUT2D eigenvalue weighted by molar-refractivity contribution is -0.139. The van der Waals surface area contributed by atoms with Crippen LogP contribution < -0.4 is 20.4 Å². The van der Waals surface area contributed by atoms with E-state index in [0.29, 0.717) is 11.3 Å². The van der Waals surface area contributed by atoms with Crippen molar-refractivity contribution in [2.75, 3.05) is 36.0 Å². The first kappa shape index (κ1) is 22.9. The van der Waals surface area contributed by atoms with Gasteiger partial charge in [0.25, 0.3) is 11.8 Å². The van der Waals surface area contributed by atoms with Gasteiger partial charge >= 0.3 is 5.97 Å². The summed E-state index contributed by atoms with van der Waals surface area (Å²) in [6, 6.07) is 20.1. The van der Waals surface area contributed by atoms with Crippen LogP contribution in [-0.2, 0) is 4.79 Å². The molecule has 0 aliphatic carbocycles. The van der Waals surface area contributed by atoms with Gasteiger partial charge in [0.15, 0.2) is 0 Å². The summed E-state index contributed by atoms with van der Waals surface area (Å²) >= 11 is 0. The Balaban J connectivity index is 1.59. The SMILES string of the molecule is O=C(NC(C(=O)O)N(C(=O)c1ccccn1)c1ccccc1)c1ccc(N2CCNCC2)cc1. The maximum Gasteiger partial charge on any atom is 0.347 e. The normalized spacial score (nSPS) is 14.2. The van der Waals surface area contributed by atoms with Crippen molar-refractivity contribution in [1.29, 1.82) is 0 Å². The summed E-state index contributed by atoms with van der Waals surface area (Å²) in [5.41, 5.74) is 1.67. The fourth-order valence-corrected chi connectivity index (χ4v) is 3.78. The number of hydrogen-bond acceptors (Lipinski definition) is 6. The predicted octanol–water partition coefficient (Wildman–Crippen LogP) is 1.98. The fourth-order valence-electron chi connectivity index (χ4n) is 3.78. The number of carbonyl (C=O) groups excluding carboxylic acids is 2. The van der Waals surface area contributed by atoms with E-state index in [4.69, 9.17) is 0 Å². The second kappa shape index (κ2) is 10.6. The van der Waals surface area contributed by atoms with Gasteiger partial charge in [0, 0.05) is 49.3 Å². The molecule has 1 saturated heterocycles. The number of aliphatic carboxylic acids is 1. The maximum atomic E-state index is 13.3. The molecule has 34 heavy (non-hydrogen) atoms. The quantitative estimate of drug-likeness (QED) is 0.463. The van der Waals surface area contributed by atoms with Gasteiger partial charge in [-0.25, -0.2) is 4.79 Å². The summed E-state index contributed by atoms with van der Waals surface area (Å²) in [6.45, 7) is 3.52. The van der Waals surface area contributed by atoms with E-state index < -0.39 is 23.9 Å². The molecule has 174 valence electrons. The van der Waals surface area contributed by atoms with Crippen LogP contribution in [0.1, 0.15) is 20.8 Å². The van der Waals surface area contributed by atoms with E-state index in [1.54, 1.807) is 54.6 Å². The Morgan fingerprint density at radius 3 is 2.24 bits per heavy atom. The molecule has 1 atom stereocenters. The van der Waals surface area contributed by atoms with Crippen molar-refractivity contribution in [2.24, 2.45) is 0 Å². The third kappa shape index (κ3) is 5.21. The Morgan fingerprint density at radius 1 is 0.941 bits per heavy atom. The summed E-state index contributed by atoms with van der Waals surface area (Å²) in [5.74, 6) is -2.62. The molecular weight excluding hydrogens is 434 g/mol. The van der Waals surface area contributed by atoms with Crippen molar-refractivity contribution in [2.45, 2.75) is 6.17 Å². The molecule has 1 aliphatic rings. The van der Waals surface area contributed by atoms with Gasteiger partial charge in [-0.3, -0.25) is 19.5 Å². The molecule has 1 fully saturated rings. The average Bonchev–Trinajstić information content (AvgIpc) is 2.89. The number of amides is 2. The van der Waals surface area contributed by atoms with E-state index in [1.807, 2.05) is 12.1 Å². The fraction of sp³-hybridized carbons (Fsp3) is 0.200. The Bertz CT molecular complexity index is 1130. The number of carbonyl (C=O) groups is 3. The first-order valence-corrected chi connectivity index (χ1v) is 10.9. The van der Waals surface area contributed by atoms with Crippen LogP contribution in [0, 0.1) is 0 Å². The number of carboxylic acid groups (broad SMARTS) is 1. The maximum absolute atomic E-state index is 13.3. The molecule has 2 heterocycles. The Kier molecular flexibility index (Phi) is 7.14. The van der Waals surface area contributed by atoms with Crippen LogP contribution >= 0.6 is 0 Å². The predicted molar refractivity (Wildman–Crippen MR) is 128 cm³/mol. The van der Waals surface area contributed by atoms with Crippen molar-refractivity contribution in [3.8, 4) is 0 Å². The second-order valence-corrected chi connectivity index (χ2v) is 7.72. The highest BCUT2D eigenvalue weighted by atomic mass is 16.4. The van der Waals surface area contributed by atoms with Crippen LogP contribution in [-0.4, -0.2) is 60.2 Å². The molecule has 9 heteroatoms. The van der Waals surface area contributed by atoms with Gasteiger partial charge in [-0.05, 0) is 48.5 Å². The number of nitrogens with one attached hydrogen (secondary N) is 2. The number of benzene rings is 2. The zero-order valence-electron chi connectivity index (χ0n) is 18.4. The smallest absolute Gasteiger partial charge is 0.347 e. The van der Waals surface area contributed by atoms with Crippen molar-refractivity contribution < 1.29 is 19.5 Å². The van der Waals surface area contributed by atoms with Gasteiger partial charge in [0.2, 0.25) is 6.17 Å². The topological polar surface area (TPSA) is 115 Å². The monoisotopic (exact) mass is 459 g/mol. The molecule has 1 aliphatic heterocycles. The van der Waals surface area contributed by atoms with Gasteiger partial charge in [0.1, 0.15) is 5.69 Å². The number of aromatic nitrogens is 1. The minimum absolute atomic E-state index is 0.0622. The van der Waals surface area contributed by atoms with Gasteiger partial charge < -0.3 is 20.6 Å². The number of para-hydroxylation sites is 1. The molecule has 3 N–H and O–H groups in total. The first-order valence-electron chi connectivity index (χ1n) is 10.9. The van der Waals surface area contributed by atoms with E-state index in [0.717, 1.165) is 36.8 Å². The zero-order chi connectivity index (χ0) is 23.9. The molecule has 0 radical (unpaired) electrons. The molecule has 2 amide bonds. The highest BCUT2D eigenvalue weighted by molar-refractivity contribution is 6.09. The molecule has 0 spiro atoms. The Morgan fingerprint density at radius 2 is 1.62 bits per heavy atom. The first-order chi connectivity index (χ1) is 16.5. The summed E-state index contributed by atoms with van der Waals surface area (Å²) in [6.07, 6.45) is -0.192. The molecule has 0 saturated carbocycles. The van der Waals surface area contributed by atoms with Crippen LogP contribution in [0.5, 0.6) is 0 Å². The molecule has 0 bridgehead atoms. The van der Waals surface area contributed by atoms with Crippen LogP contribution in [0.3, 0.4) is 0 Å². The lowest BCUT2D eigenvalue weighted by Gasteiger charge is -2.30. The van der Waals surface area contributed by atoms with E-state index in [1.165, 1.54) is 12.3 Å².